The standard InChI is InChI=1S/C17H23NO3/c1-11(2)15(17(20)21-3)18-16(19)14-9-8-12-6-4-5-7-13(12)10-14/h4-7,11,14-15H,8-10H2,1-3H3,(H,18,19). The molecule has 114 valence electrons. The summed E-state index contributed by atoms with van der Waals surface area (Å²) in [4.78, 5) is 24.2. The number of nitrogens with one attached hydrogen (secondary N) is 1. The fraction of sp³-hybridized carbons (Fsp3) is 0.529. The first-order valence-corrected chi connectivity index (χ1v) is 7.48. The number of fused-ring (bicyclic) bond motifs is 1. The largest absolute Gasteiger partial charge is 0.467 e. The summed E-state index contributed by atoms with van der Waals surface area (Å²) in [7, 11) is 1.35. The van der Waals surface area contributed by atoms with E-state index in [4.69, 9.17) is 4.74 Å². The Morgan fingerprint density at radius 2 is 1.90 bits per heavy atom. The molecule has 1 aliphatic carbocycles. The van der Waals surface area contributed by atoms with Gasteiger partial charge < -0.3 is 10.1 Å². The molecule has 2 unspecified atom stereocenters. The number of hydrogen-bond donors (Lipinski definition) is 1. The number of hydrogen-bond acceptors (Lipinski definition) is 3. The third kappa shape index (κ3) is 3.63. The van der Waals surface area contributed by atoms with Crippen LogP contribution >= 0.6 is 0 Å². The Morgan fingerprint density at radius 1 is 1.24 bits per heavy atom. The normalized spacial score (nSPS) is 18.8. The number of amides is 1. The quantitative estimate of drug-likeness (QED) is 0.864. The van der Waals surface area contributed by atoms with E-state index in [2.05, 4.69) is 17.4 Å². The topological polar surface area (TPSA) is 55.4 Å². The second-order valence-corrected chi connectivity index (χ2v) is 5.96. The monoisotopic (exact) mass is 289 g/mol. The van der Waals surface area contributed by atoms with Gasteiger partial charge in [0.1, 0.15) is 6.04 Å². The molecule has 0 aliphatic heterocycles. The molecule has 0 heterocycles. The highest BCUT2D eigenvalue weighted by Gasteiger charge is 2.30. The number of rotatable bonds is 4. The number of carbonyl (C=O) groups excluding carboxylic acids is 2. The van der Waals surface area contributed by atoms with Gasteiger partial charge >= 0.3 is 5.97 Å². The number of methoxy groups -OCH3 is 1. The Bertz CT molecular complexity index is 525. The summed E-state index contributed by atoms with van der Waals surface area (Å²) in [5, 5.41) is 2.85. The first-order chi connectivity index (χ1) is 10.0. The van der Waals surface area contributed by atoms with Crippen LogP contribution in [-0.4, -0.2) is 25.0 Å². The predicted octanol–water partition coefficient (Wildman–Crippen LogP) is 2.11. The Kier molecular flexibility index (Phi) is 4.99. The first kappa shape index (κ1) is 15.5. The highest BCUT2D eigenvalue weighted by Crippen LogP contribution is 2.25. The highest BCUT2D eigenvalue weighted by atomic mass is 16.5. The van der Waals surface area contributed by atoms with Crippen LogP contribution in [0.3, 0.4) is 0 Å². The molecule has 1 aromatic rings. The summed E-state index contributed by atoms with van der Waals surface area (Å²) in [6.07, 6.45) is 2.49. The van der Waals surface area contributed by atoms with Gasteiger partial charge in [0.2, 0.25) is 5.91 Å². The summed E-state index contributed by atoms with van der Waals surface area (Å²) in [6, 6.07) is 7.67. The van der Waals surface area contributed by atoms with Crippen molar-refractivity contribution < 1.29 is 14.3 Å². The van der Waals surface area contributed by atoms with Crippen LogP contribution in [0.15, 0.2) is 24.3 Å². The van der Waals surface area contributed by atoms with Gasteiger partial charge in [0.05, 0.1) is 7.11 Å². The van der Waals surface area contributed by atoms with E-state index in [-0.39, 0.29) is 23.7 Å². The van der Waals surface area contributed by atoms with Gasteiger partial charge in [-0.15, -0.1) is 0 Å². The Labute approximate surface area is 125 Å². The summed E-state index contributed by atoms with van der Waals surface area (Å²) < 4.78 is 4.76. The molecule has 4 nitrogen and oxygen atoms in total. The van der Waals surface area contributed by atoms with E-state index in [1.165, 1.54) is 18.2 Å². The third-order valence-electron chi connectivity index (χ3n) is 4.14. The van der Waals surface area contributed by atoms with Crippen LogP contribution < -0.4 is 5.32 Å². The molecule has 0 saturated carbocycles. The van der Waals surface area contributed by atoms with E-state index in [1.807, 2.05) is 26.0 Å². The van der Waals surface area contributed by atoms with Crippen molar-refractivity contribution in [1.82, 2.24) is 5.32 Å². The maximum atomic E-state index is 12.4. The van der Waals surface area contributed by atoms with Crippen molar-refractivity contribution in [3.8, 4) is 0 Å². The zero-order valence-corrected chi connectivity index (χ0v) is 12.9. The van der Waals surface area contributed by atoms with E-state index >= 15 is 0 Å². The number of carbonyl (C=O) groups is 2. The average Bonchev–Trinajstić information content (AvgIpc) is 2.50. The van der Waals surface area contributed by atoms with Crippen LogP contribution in [-0.2, 0) is 27.2 Å². The summed E-state index contributed by atoms with van der Waals surface area (Å²) in [5.74, 6) is -0.480. The summed E-state index contributed by atoms with van der Waals surface area (Å²) >= 11 is 0. The van der Waals surface area contributed by atoms with E-state index in [0.29, 0.717) is 0 Å². The lowest BCUT2D eigenvalue weighted by atomic mass is 9.83. The summed E-state index contributed by atoms with van der Waals surface area (Å²) in [5.41, 5.74) is 2.57. The van der Waals surface area contributed by atoms with Crippen molar-refractivity contribution in [3.63, 3.8) is 0 Å². The maximum Gasteiger partial charge on any atom is 0.328 e. The molecule has 0 spiro atoms. The van der Waals surface area contributed by atoms with Gasteiger partial charge in [-0.25, -0.2) is 4.79 Å². The fourth-order valence-corrected chi connectivity index (χ4v) is 2.82. The average molecular weight is 289 g/mol. The predicted molar refractivity (Wildman–Crippen MR) is 80.7 cm³/mol. The van der Waals surface area contributed by atoms with Crippen molar-refractivity contribution in [3.05, 3.63) is 35.4 Å². The molecule has 2 rings (SSSR count). The van der Waals surface area contributed by atoms with Crippen LogP contribution in [0.4, 0.5) is 0 Å². The van der Waals surface area contributed by atoms with Crippen molar-refractivity contribution in [2.24, 2.45) is 11.8 Å². The Hall–Kier alpha value is -1.84. The van der Waals surface area contributed by atoms with Crippen molar-refractivity contribution in [1.29, 1.82) is 0 Å². The Morgan fingerprint density at radius 3 is 2.52 bits per heavy atom. The Balaban J connectivity index is 2.03. The van der Waals surface area contributed by atoms with Gasteiger partial charge in [0, 0.05) is 5.92 Å². The molecule has 4 heteroatoms. The van der Waals surface area contributed by atoms with Crippen molar-refractivity contribution in [2.45, 2.75) is 39.2 Å². The maximum absolute atomic E-state index is 12.4. The lowest BCUT2D eigenvalue weighted by molar-refractivity contribution is -0.147. The molecule has 1 aliphatic rings. The SMILES string of the molecule is COC(=O)C(NC(=O)C1CCc2ccccc2C1)C(C)C. The molecule has 21 heavy (non-hydrogen) atoms. The van der Waals surface area contributed by atoms with Crippen LogP contribution in [0.1, 0.15) is 31.4 Å². The lowest BCUT2D eigenvalue weighted by Crippen LogP contribution is -2.48. The highest BCUT2D eigenvalue weighted by molar-refractivity contribution is 5.86. The zero-order chi connectivity index (χ0) is 15.4. The molecule has 0 aromatic heterocycles. The second-order valence-electron chi connectivity index (χ2n) is 5.96. The van der Waals surface area contributed by atoms with Gasteiger partial charge in [-0.3, -0.25) is 4.79 Å². The van der Waals surface area contributed by atoms with Crippen molar-refractivity contribution in [2.75, 3.05) is 7.11 Å². The van der Waals surface area contributed by atoms with E-state index < -0.39 is 6.04 Å². The minimum absolute atomic E-state index is 0.0114. The molecule has 1 N–H and O–H groups in total. The number of aryl methyl sites for hydroxylation is 1. The van der Waals surface area contributed by atoms with Gasteiger partial charge in [-0.1, -0.05) is 38.1 Å². The van der Waals surface area contributed by atoms with E-state index in [0.717, 1.165) is 19.3 Å². The minimum atomic E-state index is -0.570. The molecule has 0 radical (unpaired) electrons. The van der Waals surface area contributed by atoms with Gasteiger partial charge in [0.15, 0.2) is 0 Å². The minimum Gasteiger partial charge on any atom is -0.467 e. The lowest BCUT2D eigenvalue weighted by Gasteiger charge is -2.27. The number of ether oxygens (including phenoxy) is 1. The van der Waals surface area contributed by atoms with E-state index in [9.17, 15) is 9.59 Å². The molecule has 0 bridgehead atoms. The number of esters is 1. The van der Waals surface area contributed by atoms with Crippen LogP contribution in [0.25, 0.3) is 0 Å². The third-order valence-corrected chi connectivity index (χ3v) is 4.14. The van der Waals surface area contributed by atoms with E-state index in [1.54, 1.807) is 0 Å². The smallest absolute Gasteiger partial charge is 0.328 e. The van der Waals surface area contributed by atoms with Gasteiger partial charge in [-0.05, 0) is 36.3 Å². The van der Waals surface area contributed by atoms with Gasteiger partial charge in [-0.2, -0.15) is 0 Å². The molecular weight excluding hydrogens is 266 g/mol. The molecule has 1 aromatic carbocycles. The second kappa shape index (κ2) is 6.74. The van der Waals surface area contributed by atoms with Crippen molar-refractivity contribution >= 4 is 11.9 Å². The first-order valence-electron chi connectivity index (χ1n) is 7.48. The van der Waals surface area contributed by atoms with Crippen LogP contribution in [0, 0.1) is 11.8 Å². The molecule has 0 saturated heterocycles. The summed E-state index contributed by atoms with van der Waals surface area (Å²) in [6.45, 7) is 3.80. The molecular formula is C17H23NO3. The molecule has 2 atom stereocenters. The fourth-order valence-electron chi connectivity index (χ4n) is 2.82. The van der Waals surface area contributed by atoms with Crippen LogP contribution in [0.5, 0.6) is 0 Å². The van der Waals surface area contributed by atoms with Gasteiger partial charge in [0.25, 0.3) is 0 Å². The van der Waals surface area contributed by atoms with Crippen LogP contribution in [0.2, 0.25) is 0 Å². The number of benzene rings is 1. The molecule has 1 amide bonds. The molecule has 0 fully saturated rings. The zero-order valence-electron chi connectivity index (χ0n) is 12.9.